The van der Waals surface area contributed by atoms with Crippen LogP contribution in [0.2, 0.25) is 0 Å². The maximum Gasteiger partial charge on any atom is 0.416 e. The molecule has 7 heteroatoms. The summed E-state index contributed by atoms with van der Waals surface area (Å²) >= 11 is 0. The highest BCUT2D eigenvalue weighted by molar-refractivity contribution is 6.39. The summed E-state index contributed by atoms with van der Waals surface area (Å²) in [6.07, 6.45) is -4.52. The number of benzene rings is 2. The second-order valence-corrected chi connectivity index (χ2v) is 5.14. The molecule has 2 aromatic carbocycles. The van der Waals surface area contributed by atoms with Crippen LogP contribution in [0.5, 0.6) is 0 Å². The lowest BCUT2D eigenvalue weighted by molar-refractivity contribution is -0.137. The molecule has 4 nitrogen and oxygen atoms in total. The average Bonchev–Trinajstić information content (AvgIpc) is 2.53. The molecule has 2 amide bonds. The third kappa shape index (κ3) is 4.58. The Bertz CT molecular complexity index is 757. The fourth-order valence-corrected chi connectivity index (χ4v) is 2.03. The van der Waals surface area contributed by atoms with E-state index in [0.29, 0.717) is 0 Å². The summed E-state index contributed by atoms with van der Waals surface area (Å²) in [6.45, 7) is 2.02. The summed E-state index contributed by atoms with van der Waals surface area (Å²) in [4.78, 5) is 23.5. The number of nitrogens with one attached hydrogen (secondary N) is 2. The molecule has 126 valence electrons. The monoisotopic (exact) mass is 336 g/mol. The van der Waals surface area contributed by atoms with Crippen LogP contribution in [0.4, 0.5) is 18.9 Å². The van der Waals surface area contributed by atoms with E-state index in [4.69, 9.17) is 0 Å². The van der Waals surface area contributed by atoms with Crippen molar-refractivity contribution < 1.29 is 22.8 Å². The molecule has 0 aromatic heterocycles. The Hall–Kier alpha value is -2.83. The second-order valence-electron chi connectivity index (χ2n) is 5.14. The standard InChI is InChI=1S/C17H15F3N2O2/c1-11-5-2-3-6-12(11)10-21-15(23)16(24)22-14-8-4-7-13(9-14)17(18,19)20/h2-9H,10H2,1H3,(H,21,23)(H,22,24). The number of carbonyl (C=O) groups is 2. The first-order chi connectivity index (χ1) is 11.3. The molecule has 0 saturated heterocycles. The largest absolute Gasteiger partial charge is 0.416 e. The highest BCUT2D eigenvalue weighted by Gasteiger charge is 2.30. The van der Waals surface area contributed by atoms with E-state index in [1.165, 1.54) is 6.07 Å². The maximum atomic E-state index is 12.6. The predicted octanol–water partition coefficient (Wildman–Crippen LogP) is 3.27. The molecule has 0 unspecified atom stereocenters. The number of hydrogen-bond acceptors (Lipinski definition) is 2. The van der Waals surface area contributed by atoms with E-state index in [2.05, 4.69) is 10.6 Å². The molecule has 0 aliphatic heterocycles. The van der Waals surface area contributed by atoms with Crippen molar-refractivity contribution in [2.24, 2.45) is 0 Å². The molecular weight excluding hydrogens is 321 g/mol. The molecular formula is C17H15F3N2O2. The van der Waals surface area contributed by atoms with E-state index in [1.54, 1.807) is 12.1 Å². The van der Waals surface area contributed by atoms with Gasteiger partial charge in [-0.2, -0.15) is 13.2 Å². The molecule has 0 saturated carbocycles. The van der Waals surface area contributed by atoms with Gasteiger partial charge >= 0.3 is 18.0 Å². The van der Waals surface area contributed by atoms with E-state index in [0.717, 1.165) is 29.3 Å². The number of hydrogen-bond donors (Lipinski definition) is 2. The van der Waals surface area contributed by atoms with Crippen LogP contribution in [0.1, 0.15) is 16.7 Å². The van der Waals surface area contributed by atoms with Crippen molar-refractivity contribution in [3.05, 3.63) is 65.2 Å². The van der Waals surface area contributed by atoms with Crippen LogP contribution in [0, 0.1) is 6.92 Å². The van der Waals surface area contributed by atoms with Crippen molar-refractivity contribution >= 4 is 17.5 Å². The number of aryl methyl sites for hydroxylation is 1. The summed E-state index contributed by atoms with van der Waals surface area (Å²) in [5, 5.41) is 4.59. The molecule has 2 rings (SSSR count). The van der Waals surface area contributed by atoms with Crippen molar-refractivity contribution in [1.82, 2.24) is 5.32 Å². The Kier molecular flexibility index (Phi) is 5.23. The van der Waals surface area contributed by atoms with Crippen molar-refractivity contribution in [3.8, 4) is 0 Å². The first kappa shape index (κ1) is 17.5. The third-order valence-electron chi connectivity index (χ3n) is 3.35. The molecule has 2 N–H and O–H groups in total. The fourth-order valence-electron chi connectivity index (χ4n) is 2.03. The smallest absolute Gasteiger partial charge is 0.344 e. The van der Waals surface area contributed by atoms with Gasteiger partial charge in [0.15, 0.2) is 0 Å². The van der Waals surface area contributed by atoms with Crippen LogP contribution in [0.15, 0.2) is 48.5 Å². The van der Waals surface area contributed by atoms with Gasteiger partial charge in [0.05, 0.1) is 5.56 Å². The fraction of sp³-hybridized carbons (Fsp3) is 0.176. The molecule has 0 aliphatic rings. The molecule has 0 aliphatic carbocycles. The van der Waals surface area contributed by atoms with Gasteiger partial charge in [0.25, 0.3) is 0 Å². The topological polar surface area (TPSA) is 58.2 Å². The van der Waals surface area contributed by atoms with E-state index >= 15 is 0 Å². The SMILES string of the molecule is Cc1ccccc1CNC(=O)C(=O)Nc1cccc(C(F)(F)F)c1. The predicted molar refractivity (Wildman–Crippen MR) is 83.1 cm³/mol. The van der Waals surface area contributed by atoms with Gasteiger partial charge in [-0.15, -0.1) is 0 Å². The molecule has 0 bridgehead atoms. The first-order valence-corrected chi connectivity index (χ1v) is 7.08. The molecule has 2 aromatic rings. The molecule has 0 fully saturated rings. The second kappa shape index (κ2) is 7.16. The van der Waals surface area contributed by atoms with Crippen LogP contribution in [0.3, 0.4) is 0 Å². The minimum atomic E-state index is -4.52. The molecule has 24 heavy (non-hydrogen) atoms. The molecule has 0 heterocycles. The lowest BCUT2D eigenvalue weighted by Crippen LogP contribution is -2.35. The zero-order valence-corrected chi connectivity index (χ0v) is 12.8. The van der Waals surface area contributed by atoms with Crippen LogP contribution in [-0.2, 0) is 22.3 Å². The maximum absolute atomic E-state index is 12.6. The van der Waals surface area contributed by atoms with Crippen LogP contribution >= 0.6 is 0 Å². The number of alkyl halides is 3. The molecule has 0 atom stereocenters. The highest BCUT2D eigenvalue weighted by atomic mass is 19.4. The van der Waals surface area contributed by atoms with Crippen molar-refractivity contribution in [2.45, 2.75) is 19.6 Å². The Labute approximate surface area is 136 Å². The van der Waals surface area contributed by atoms with Gasteiger partial charge in [0, 0.05) is 12.2 Å². The van der Waals surface area contributed by atoms with Gasteiger partial charge in [0.1, 0.15) is 0 Å². The van der Waals surface area contributed by atoms with Crippen LogP contribution in [-0.4, -0.2) is 11.8 Å². The zero-order valence-electron chi connectivity index (χ0n) is 12.8. The number of halogens is 3. The van der Waals surface area contributed by atoms with Crippen LogP contribution < -0.4 is 10.6 Å². The summed E-state index contributed by atoms with van der Waals surface area (Å²) in [6, 6.07) is 11.4. The van der Waals surface area contributed by atoms with Crippen molar-refractivity contribution in [2.75, 3.05) is 5.32 Å². The number of amides is 2. The molecule has 0 radical (unpaired) electrons. The average molecular weight is 336 g/mol. The highest BCUT2D eigenvalue weighted by Crippen LogP contribution is 2.30. The van der Waals surface area contributed by atoms with Gasteiger partial charge in [-0.3, -0.25) is 9.59 Å². The van der Waals surface area contributed by atoms with Gasteiger partial charge in [0.2, 0.25) is 0 Å². The lowest BCUT2D eigenvalue weighted by atomic mass is 10.1. The van der Waals surface area contributed by atoms with Gasteiger partial charge in [-0.1, -0.05) is 30.3 Å². The van der Waals surface area contributed by atoms with Crippen molar-refractivity contribution in [1.29, 1.82) is 0 Å². The van der Waals surface area contributed by atoms with E-state index in [9.17, 15) is 22.8 Å². The third-order valence-corrected chi connectivity index (χ3v) is 3.35. The lowest BCUT2D eigenvalue weighted by Gasteiger charge is -2.10. The van der Waals surface area contributed by atoms with E-state index in [1.807, 2.05) is 19.1 Å². The van der Waals surface area contributed by atoms with Crippen molar-refractivity contribution in [3.63, 3.8) is 0 Å². The summed E-state index contributed by atoms with van der Waals surface area (Å²) in [7, 11) is 0. The zero-order chi connectivity index (χ0) is 17.7. The minimum Gasteiger partial charge on any atom is -0.344 e. The number of carbonyl (C=O) groups excluding carboxylic acids is 2. The van der Waals surface area contributed by atoms with Crippen LogP contribution in [0.25, 0.3) is 0 Å². The Balaban J connectivity index is 1.97. The van der Waals surface area contributed by atoms with Gasteiger partial charge < -0.3 is 10.6 Å². The quantitative estimate of drug-likeness (QED) is 0.845. The number of anilines is 1. The molecule has 0 spiro atoms. The Morgan fingerprint density at radius 2 is 1.71 bits per heavy atom. The normalized spacial score (nSPS) is 11.0. The summed E-state index contributed by atoms with van der Waals surface area (Å²) in [5.41, 5.74) is 0.801. The summed E-state index contributed by atoms with van der Waals surface area (Å²) < 4.78 is 37.9. The Morgan fingerprint density at radius 3 is 2.38 bits per heavy atom. The number of rotatable bonds is 3. The van der Waals surface area contributed by atoms with Gasteiger partial charge in [-0.25, -0.2) is 0 Å². The summed E-state index contributed by atoms with van der Waals surface area (Å²) in [5.74, 6) is -1.95. The van der Waals surface area contributed by atoms with E-state index < -0.39 is 23.6 Å². The van der Waals surface area contributed by atoms with E-state index in [-0.39, 0.29) is 12.2 Å². The Morgan fingerprint density at radius 1 is 1.00 bits per heavy atom. The first-order valence-electron chi connectivity index (χ1n) is 7.08. The minimum absolute atomic E-state index is 0.0964. The van der Waals surface area contributed by atoms with Gasteiger partial charge in [-0.05, 0) is 36.2 Å².